The highest BCUT2D eigenvalue weighted by atomic mass is 32.2. The van der Waals surface area contributed by atoms with Crippen LogP contribution in [0.4, 0.5) is 14.5 Å². The summed E-state index contributed by atoms with van der Waals surface area (Å²) in [5.41, 5.74) is -0.488. The number of nitrogens with one attached hydrogen (secondary N) is 1. The van der Waals surface area contributed by atoms with Crippen LogP contribution in [0.5, 0.6) is 0 Å². The van der Waals surface area contributed by atoms with Gasteiger partial charge in [0.15, 0.2) is 6.20 Å². The first kappa shape index (κ1) is 15.2. The molecule has 0 saturated carbocycles. The number of pyridine rings is 1. The number of amides is 1. The molecule has 0 aliphatic heterocycles. The number of carbonyl (C=O) groups is 1. The molecule has 7 heteroatoms. The average Bonchev–Trinajstić information content (AvgIpc) is 2.45. The molecule has 2 aromatic rings. The molecule has 0 spiro atoms. The monoisotopic (exact) mass is 310 g/mol. The summed E-state index contributed by atoms with van der Waals surface area (Å²) in [6.07, 6.45) is 1.31. The van der Waals surface area contributed by atoms with Gasteiger partial charge in [-0.15, -0.1) is 0 Å². The van der Waals surface area contributed by atoms with E-state index < -0.39 is 28.5 Å². The highest BCUT2D eigenvalue weighted by Crippen LogP contribution is 2.23. The minimum absolute atomic E-state index is 0.328. The number of carbonyl (C=O) groups excluding carboxylic acids is 1. The maximum absolute atomic E-state index is 13.4. The topological polar surface area (TPSA) is 56.0 Å². The van der Waals surface area contributed by atoms with E-state index in [-0.39, 0.29) is 0 Å². The minimum atomic E-state index is -0.848. The second kappa shape index (κ2) is 6.53. The summed E-state index contributed by atoms with van der Waals surface area (Å²) in [5, 5.41) is 13.3. The number of anilines is 1. The molecule has 0 radical (unpaired) electrons. The van der Waals surface area contributed by atoms with Crippen molar-refractivity contribution in [2.24, 2.45) is 0 Å². The lowest BCUT2D eigenvalue weighted by molar-refractivity contribution is -0.645. The molecule has 1 N–H and O–H groups in total. The Morgan fingerprint density at radius 1 is 1.24 bits per heavy atom. The van der Waals surface area contributed by atoms with Crippen molar-refractivity contribution in [2.45, 2.75) is 17.2 Å². The van der Waals surface area contributed by atoms with Gasteiger partial charge in [-0.25, -0.2) is 8.78 Å². The molecule has 1 aromatic heterocycles. The maximum atomic E-state index is 13.4. The summed E-state index contributed by atoms with van der Waals surface area (Å²) >= 11 is 1.00. The predicted molar refractivity (Wildman–Crippen MR) is 75.7 cm³/mol. The normalized spacial score (nSPS) is 12.0. The number of benzene rings is 1. The summed E-state index contributed by atoms with van der Waals surface area (Å²) in [6, 6.07) is 8.11. The van der Waals surface area contributed by atoms with Gasteiger partial charge in [-0.2, -0.15) is 4.73 Å². The van der Waals surface area contributed by atoms with Crippen molar-refractivity contribution in [1.82, 2.24) is 0 Å². The van der Waals surface area contributed by atoms with E-state index in [0.29, 0.717) is 9.76 Å². The number of thioether (sulfide) groups is 1. The van der Waals surface area contributed by atoms with Crippen LogP contribution >= 0.6 is 11.8 Å². The van der Waals surface area contributed by atoms with E-state index in [0.717, 1.165) is 23.9 Å². The van der Waals surface area contributed by atoms with Crippen LogP contribution in [-0.4, -0.2) is 11.2 Å². The van der Waals surface area contributed by atoms with Gasteiger partial charge in [-0.05, 0) is 36.9 Å². The van der Waals surface area contributed by atoms with Crippen molar-refractivity contribution in [3.8, 4) is 0 Å². The molecule has 1 aromatic carbocycles. The maximum Gasteiger partial charge on any atom is 0.252 e. The molecule has 0 fully saturated rings. The molecule has 0 aliphatic rings. The van der Waals surface area contributed by atoms with Crippen LogP contribution in [0.2, 0.25) is 0 Å². The van der Waals surface area contributed by atoms with Gasteiger partial charge >= 0.3 is 0 Å². The molecular weight excluding hydrogens is 298 g/mol. The fourth-order valence-corrected chi connectivity index (χ4v) is 2.43. The van der Waals surface area contributed by atoms with Crippen molar-refractivity contribution in [2.75, 3.05) is 5.32 Å². The van der Waals surface area contributed by atoms with E-state index in [4.69, 9.17) is 0 Å². The van der Waals surface area contributed by atoms with Gasteiger partial charge in [-0.1, -0.05) is 6.07 Å². The molecule has 0 unspecified atom stereocenters. The fourth-order valence-electron chi connectivity index (χ4n) is 1.58. The molecule has 0 saturated heterocycles. The van der Waals surface area contributed by atoms with E-state index in [1.54, 1.807) is 25.1 Å². The second-order valence-corrected chi connectivity index (χ2v) is 5.57. The van der Waals surface area contributed by atoms with Crippen molar-refractivity contribution < 1.29 is 18.3 Å². The third-order valence-electron chi connectivity index (χ3n) is 2.67. The Morgan fingerprint density at radius 3 is 2.52 bits per heavy atom. The van der Waals surface area contributed by atoms with Crippen LogP contribution in [0.1, 0.15) is 6.92 Å². The largest absolute Gasteiger partial charge is 0.618 e. The lowest BCUT2D eigenvalue weighted by atomic mass is 10.3. The van der Waals surface area contributed by atoms with Gasteiger partial charge in [0, 0.05) is 12.1 Å². The third kappa shape index (κ3) is 3.69. The number of para-hydroxylation sites is 1. The molecular formula is C14H12F2N2O2S. The Labute approximate surface area is 124 Å². The Kier molecular flexibility index (Phi) is 4.74. The molecule has 0 aliphatic carbocycles. The number of rotatable bonds is 4. The number of aromatic nitrogens is 1. The van der Waals surface area contributed by atoms with Crippen LogP contribution in [0.3, 0.4) is 0 Å². The summed E-state index contributed by atoms with van der Waals surface area (Å²) in [7, 11) is 0. The number of hydrogen-bond donors (Lipinski definition) is 1. The van der Waals surface area contributed by atoms with Gasteiger partial charge in [0.1, 0.15) is 17.3 Å². The van der Waals surface area contributed by atoms with Crippen LogP contribution < -0.4 is 10.0 Å². The van der Waals surface area contributed by atoms with E-state index in [1.807, 2.05) is 0 Å². The Hall–Kier alpha value is -2.15. The lowest BCUT2D eigenvalue weighted by Crippen LogP contribution is -2.31. The van der Waals surface area contributed by atoms with Crippen LogP contribution in [-0.2, 0) is 4.79 Å². The average molecular weight is 310 g/mol. The van der Waals surface area contributed by atoms with E-state index in [1.165, 1.54) is 12.3 Å². The number of hydrogen-bond acceptors (Lipinski definition) is 3. The smallest absolute Gasteiger partial charge is 0.252 e. The highest BCUT2D eigenvalue weighted by molar-refractivity contribution is 8.00. The van der Waals surface area contributed by atoms with Gasteiger partial charge in [-0.3, -0.25) is 4.79 Å². The molecule has 0 bridgehead atoms. The molecule has 1 amide bonds. The minimum Gasteiger partial charge on any atom is -0.618 e. The first-order chi connectivity index (χ1) is 9.99. The SMILES string of the molecule is C[C@@H](Sc1cccc[n+]1[O-])C(=O)Nc1c(F)cccc1F. The molecule has 1 atom stereocenters. The van der Waals surface area contributed by atoms with Gasteiger partial charge in [0.2, 0.25) is 5.91 Å². The Morgan fingerprint density at radius 2 is 1.90 bits per heavy atom. The van der Waals surface area contributed by atoms with Gasteiger partial charge in [0.25, 0.3) is 5.03 Å². The van der Waals surface area contributed by atoms with Gasteiger partial charge < -0.3 is 10.5 Å². The summed E-state index contributed by atoms with van der Waals surface area (Å²) < 4.78 is 27.5. The zero-order chi connectivity index (χ0) is 15.4. The third-order valence-corrected chi connectivity index (χ3v) is 3.79. The molecule has 4 nitrogen and oxygen atoms in total. The van der Waals surface area contributed by atoms with E-state index in [9.17, 15) is 18.8 Å². The first-order valence-electron chi connectivity index (χ1n) is 6.09. The quantitative estimate of drug-likeness (QED) is 0.537. The number of nitrogens with zero attached hydrogens (tertiary/aromatic N) is 1. The van der Waals surface area contributed by atoms with Crippen LogP contribution in [0, 0.1) is 16.8 Å². The van der Waals surface area contributed by atoms with E-state index >= 15 is 0 Å². The zero-order valence-electron chi connectivity index (χ0n) is 11.0. The van der Waals surface area contributed by atoms with Crippen LogP contribution in [0.15, 0.2) is 47.6 Å². The summed E-state index contributed by atoms with van der Waals surface area (Å²) in [4.78, 5) is 12.0. The second-order valence-electron chi connectivity index (χ2n) is 4.21. The van der Waals surface area contributed by atoms with Crippen molar-refractivity contribution in [3.05, 3.63) is 59.4 Å². The molecule has 2 rings (SSSR count). The molecule has 1 heterocycles. The lowest BCUT2D eigenvalue weighted by Gasteiger charge is -2.12. The fraction of sp³-hybridized carbons (Fsp3) is 0.143. The van der Waals surface area contributed by atoms with Gasteiger partial charge in [0.05, 0.1) is 5.25 Å². The number of halogens is 2. The van der Waals surface area contributed by atoms with Crippen molar-refractivity contribution in [3.63, 3.8) is 0 Å². The summed E-state index contributed by atoms with van der Waals surface area (Å²) in [5.74, 6) is -2.29. The summed E-state index contributed by atoms with van der Waals surface area (Å²) in [6.45, 7) is 1.55. The highest BCUT2D eigenvalue weighted by Gasteiger charge is 2.21. The molecule has 110 valence electrons. The zero-order valence-corrected chi connectivity index (χ0v) is 11.9. The standard InChI is InChI=1S/C14H12F2N2O2S/c1-9(21-12-7-2-3-8-18(12)20)14(19)17-13-10(15)5-4-6-11(13)16/h2-9H,1H3,(H,17,19)/t9-/m1/s1. The Bertz CT molecular complexity index is 647. The van der Waals surface area contributed by atoms with Crippen LogP contribution in [0.25, 0.3) is 0 Å². The van der Waals surface area contributed by atoms with E-state index in [2.05, 4.69) is 5.32 Å². The predicted octanol–water partition coefficient (Wildman–Crippen LogP) is 2.72. The Balaban J connectivity index is 2.08. The molecule has 21 heavy (non-hydrogen) atoms. The van der Waals surface area contributed by atoms with Crippen molar-refractivity contribution >= 4 is 23.4 Å². The first-order valence-corrected chi connectivity index (χ1v) is 6.96. The van der Waals surface area contributed by atoms with Crippen molar-refractivity contribution in [1.29, 1.82) is 0 Å².